The average Bonchev–Trinajstić information content (AvgIpc) is 2.20. The van der Waals surface area contributed by atoms with Crippen LogP contribution in [0.4, 0.5) is 8.78 Å². The fourth-order valence-corrected chi connectivity index (χ4v) is 1.54. The van der Waals surface area contributed by atoms with Crippen LogP contribution >= 0.6 is 0 Å². The van der Waals surface area contributed by atoms with Crippen molar-refractivity contribution in [2.24, 2.45) is 0 Å². The third kappa shape index (κ3) is 2.23. The molecular weight excluding hydrogens is 210 g/mol. The molecule has 3 heteroatoms. The molecule has 1 rings (SSSR count). The highest BCUT2D eigenvalue weighted by molar-refractivity contribution is 5.46. The molecule has 0 radical (unpaired) electrons. The van der Waals surface area contributed by atoms with Crippen molar-refractivity contribution in [2.45, 2.75) is 32.4 Å². The van der Waals surface area contributed by atoms with Gasteiger partial charge >= 0.3 is 0 Å². The Bertz CT molecular complexity index is 409. The van der Waals surface area contributed by atoms with Gasteiger partial charge in [0.25, 0.3) is 0 Å². The van der Waals surface area contributed by atoms with Crippen LogP contribution in [0.2, 0.25) is 0 Å². The number of allylic oxidation sites excluding steroid dienone is 1. The van der Waals surface area contributed by atoms with Crippen LogP contribution in [0.5, 0.6) is 5.75 Å². The largest absolute Gasteiger partial charge is 0.507 e. The highest BCUT2D eigenvalue weighted by atomic mass is 19.1. The minimum Gasteiger partial charge on any atom is -0.507 e. The van der Waals surface area contributed by atoms with Crippen molar-refractivity contribution in [3.8, 4) is 5.75 Å². The number of benzene rings is 1. The number of phenolic OH excluding ortho intramolecular Hbond substituents is 1. The van der Waals surface area contributed by atoms with Crippen molar-refractivity contribution in [3.63, 3.8) is 0 Å². The lowest BCUT2D eigenvalue weighted by Crippen LogP contribution is -2.12. The maximum atomic E-state index is 14.0. The van der Waals surface area contributed by atoms with E-state index in [1.54, 1.807) is 0 Å². The van der Waals surface area contributed by atoms with Crippen LogP contribution in [0.25, 0.3) is 0 Å². The smallest absolute Gasteiger partial charge is 0.154 e. The summed E-state index contributed by atoms with van der Waals surface area (Å²) in [4.78, 5) is 0. The standard InChI is InChI=1S/C13H16F2O/c1-5-13(4,15)11-7-9(14)6-10(8(2)3)12(11)16/h5-8,16H,1H2,2-4H3. The second-order valence-corrected chi connectivity index (χ2v) is 4.33. The van der Waals surface area contributed by atoms with Gasteiger partial charge in [-0.15, -0.1) is 0 Å². The maximum absolute atomic E-state index is 14.0. The van der Waals surface area contributed by atoms with Gasteiger partial charge in [0.1, 0.15) is 11.6 Å². The Balaban J connectivity index is 3.47. The van der Waals surface area contributed by atoms with E-state index in [1.165, 1.54) is 13.0 Å². The van der Waals surface area contributed by atoms with Gasteiger partial charge in [-0.3, -0.25) is 0 Å². The summed E-state index contributed by atoms with van der Waals surface area (Å²) in [7, 11) is 0. The minimum absolute atomic E-state index is 0.0740. The molecule has 0 amide bonds. The molecule has 0 bridgehead atoms. The van der Waals surface area contributed by atoms with Crippen LogP contribution in [0.15, 0.2) is 24.8 Å². The molecule has 1 nitrogen and oxygen atoms in total. The van der Waals surface area contributed by atoms with Crippen LogP contribution in [0.3, 0.4) is 0 Å². The van der Waals surface area contributed by atoms with E-state index >= 15 is 0 Å². The molecule has 0 aliphatic heterocycles. The van der Waals surface area contributed by atoms with Crippen LogP contribution in [-0.2, 0) is 5.67 Å². The molecule has 0 aliphatic rings. The molecule has 1 aromatic rings. The van der Waals surface area contributed by atoms with Gasteiger partial charge in [0.15, 0.2) is 5.67 Å². The molecule has 16 heavy (non-hydrogen) atoms. The van der Waals surface area contributed by atoms with Crippen LogP contribution < -0.4 is 0 Å². The van der Waals surface area contributed by atoms with E-state index < -0.39 is 11.5 Å². The van der Waals surface area contributed by atoms with Crippen LogP contribution in [0, 0.1) is 5.82 Å². The molecule has 1 unspecified atom stereocenters. The van der Waals surface area contributed by atoms with Crippen molar-refractivity contribution in [3.05, 3.63) is 41.7 Å². The van der Waals surface area contributed by atoms with E-state index in [4.69, 9.17) is 0 Å². The van der Waals surface area contributed by atoms with Gasteiger partial charge in [0, 0.05) is 5.56 Å². The van der Waals surface area contributed by atoms with Gasteiger partial charge in [-0.25, -0.2) is 8.78 Å². The minimum atomic E-state index is -1.93. The third-order valence-electron chi connectivity index (χ3n) is 2.64. The summed E-state index contributed by atoms with van der Waals surface area (Å²) in [5.74, 6) is -0.821. The summed E-state index contributed by atoms with van der Waals surface area (Å²) >= 11 is 0. The van der Waals surface area contributed by atoms with E-state index in [-0.39, 0.29) is 17.2 Å². The first kappa shape index (κ1) is 12.7. The molecule has 88 valence electrons. The van der Waals surface area contributed by atoms with Crippen molar-refractivity contribution in [1.82, 2.24) is 0 Å². The van der Waals surface area contributed by atoms with Gasteiger partial charge in [-0.05, 0) is 30.5 Å². The number of alkyl halides is 1. The maximum Gasteiger partial charge on any atom is 0.154 e. The van der Waals surface area contributed by atoms with Gasteiger partial charge in [-0.2, -0.15) is 0 Å². The summed E-state index contributed by atoms with van der Waals surface area (Å²) < 4.78 is 27.3. The van der Waals surface area contributed by atoms with Gasteiger partial charge in [0.05, 0.1) is 0 Å². The molecule has 0 heterocycles. The molecule has 1 aromatic carbocycles. The fourth-order valence-electron chi connectivity index (χ4n) is 1.54. The zero-order valence-electron chi connectivity index (χ0n) is 9.72. The van der Waals surface area contributed by atoms with Crippen molar-refractivity contribution < 1.29 is 13.9 Å². The lowest BCUT2D eigenvalue weighted by atomic mass is 9.91. The molecule has 0 spiro atoms. The normalized spacial score (nSPS) is 14.9. The molecule has 0 fully saturated rings. The second kappa shape index (κ2) is 4.24. The second-order valence-electron chi connectivity index (χ2n) is 4.33. The first-order valence-electron chi connectivity index (χ1n) is 5.15. The highest BCUT2D eigenvalue weighted by Crippen LogP contribution is 2.38. The molecule has 0 saturated carbocycles. The van der Waals surface area contributed by atoms with Crippen LogP contribution in [0.1, 0.15) is 37.8 Å². The SMILES string of the molecule is C=CC(C)(F)c1cc(F)cc(C(C)C)c1O. The number of halogens is 2. The molecule has 0 saturated heterocycles. The summed E-state index contributed by atoms with van der Waals surface area (Å²) in [6.07, 6.45) is 1.05. The molecule has 0 aromatic heterocycles. The summed E-state index contributed by atoms with van der Waals surface area (Å²) in [5, 5.41) is 9.90. The number of hydrogen-bond donors (Lipinski definition) is 1. The molecule has 0 aliphatic carbocycles. The quantitative estimate of drug-likeness (QED) is 0.771. The van der Waals surface area contributed by atoms with Gasteiger partial charge < -0.3 is 5.11 Å². The van der Waals surface area contributed by atoms with Crippen molar-refractivity contribution in [1.29, 1.82) is 0 Å². The number of aromatic hydroxyl groups is 1. The zero-order chi connectivity index (χ0) is 12.5. The third-order valence-corrected chi connectivity index (χ3v) is 2.64. The highest BCUT2D eigenvalue weighted by Gasteiger charge is 2.28. The fraction of sp³-hybridized carbons (Fsp3) is 0.385. The predicted octanol–water partition coefficient (Wildman–Crippen LogP) is 4.03. The Morgan fingerprint density at radius 3 is 2.44 bits per heavy atom. The number of rotatable bonds is 3. The number of hydrogen-bond acceptors (Lipinski definition) is 1. The Kier molecular flexibility index (Phi) is 3.36. The summed E-state index contributed by atoms with van der Waals surface area (Å²) in [6.45, 7) is 8.19. The first-order valence-corrected chi connectivity index (χ1v) is 5.15. The Hall–Kier alpha value is -1.38. The van der Waals surface area contributed by atoms with Crippen molar-refractivity contribution in [2.75, 3.05) is 0 Å². The van der Waals surface area contributed by atoms with E-state index in [2.05, 4.69) is 6.58 Å². The van der Waals surface area contributed by atoms with Gasteiger partial charge in [0.2, 0.25) is 0 Å². The van der Waals surface area contributed by atoms with E-state index in [1.807, 2.05) is 13.8 Å². The van der Waals surface area contributed by atoms with Crippen LogP contribution in [-0.4, -0.2) is 5.11 Å². The Morgan fingerprint density at radius 1 is 1.44 bits per heavy atom. The molecule has 1 N–H and O–H groups in total. The molecular formula is C13H16F2O. The van der Waals surface area contributed by atoms with E-state index in [0.717, 1.165) is 12.1 Å². The number of phenols is 1. The first-order chi connectivity index (χ1) is 7.29. The Labute approximate surface area is 94.4 Å². The zero-order valence-corrected chi connectivity index (χ0v) is 9.72. The van der Waals surface area contributed by atoms with E-state index in [0.29, 0.717) is 5.56 Å². The lowest BCUT2D eigenvalue weighted by molar-refractivity contribution is 0.253. The molecule has 1 atom stereocenters. The topological polar surface area (TPSA) is 20.2 Å². The summed E-state index contributed by atoms with van der Waals surface area (Å²) in [5.41, 5.74) is -1.61. The Morgan fingerprint density at radius 2 is 2.00 bits per heavy atom. The monoisotopic (exact) mass is 226 g/mol. The van der Waals surface area contributed by atoms with E-state index in [9.17, 15) is 13.9 Å². The van der Waals surface area contributed by atoms with Crippen molar-refractivity contribution >= 4 is 0 Å². The summed E-state index contributed by atoms with van der Waals surface area (Å²) in [6, 6.07) is 2.23. The predicted molar refractivity (Wildman–Crippen MR) is 60.8 cm³/mol. The average molecular weight is 226 g/mol. The van der Waals surface area contributed by atoms with Gasteiger partial charge in [-0.1, -0.05) is 26.5 Å². The lowest BCUT2D eigenvalue weighted by Gasteiger charge is -2.20.